The van der Waals surface area contributed by atoms with Gasteiger partial charge >= 0.3 is 0 Å². The largest absolute Gasteiger partial charge is 0.378 e. The number of likely N-dealkylation sites (tertiary alicyclic amines) is 1. The van der Waals surface area contributed by atoms with Crippen molar-refractivity contribution in [1.82, 2.24) is 39.6 Å². The van der Waals surface area contributed by atoms with Gasteiger partial charge in [-0.05, 0) is 196 Å². The average molecular weight is 1730 g/mol. The normalized spacial score (nSPS) is 17.0. The molecule has 0 radical (unpaired) electrons. The molecule has 1 aromatic rings. The number of benzene rings is 1. The molecule has 17 heteroatoms. The molecule has 1 aromatic carbocycles. The number of hydrogen-bond acceptors (Lipinski definition) is 9. The maximum absolute atomic E-state index is 12.4. The molecule has 0 unspecified atom stereocenters. The summed E-state index contributed by atoms with van der Waals surface area (Å²) in [6.07, 6.45) is 54.4. The summed E-state index contributed by atoms with van der Waals surface area (Å²) in [4.78, 5) is 106. The zero-order chi connectivity index (χ0) is 93.2. The molecule has 17 nitrogen and oxygen atoms in total. The van der Waals surface area contributed by atoms with Crippen LogP contribution >= 0.6 is 0 Å². The fraction of sp³-hybridized carbons (Fsp3) is 0.720. The molecular formula is C107H186N8O9. The lowest BCUT2D eigenvalue weighted by atomic mass is 9.52. The van der Waals surface area contributed by atoms with E-state index in [1.54, 1.807) is 56.2 Å². The van der Waals surface area contributed by atoms with E-state index in [4.69, 9.17) is 4.74 Å². The molecule has 7 aliphatic rings. The van der Waals surface area contributed by atoms with Crippen molar-refractivity contribution >= 4 is 47.3 Å². The van der Waals surface area contributed by atoms with Crippen molar-refractivity contribution in [2.24, 2.45) is 17.8 Å². The zero-order valence-electron chi connectivity index (χ0n) is 82.8. The Hall–Kier alpha value is -7.14. The van der Waals surface area contributed by atoms with E-state index in [0.29, 0.717) is 83.5 Å². The first kappa shape index (κ1) is 117. The van der Waals surface area contributed by atoms with Gasteiger partial charge in [0.25, 0.3) is 0 Å². The first-order chi connectivity index (χ1) is 59.2. The lowest BCUT2D eigenvalue weighted by Crippen LogP contribution is -2.61. The van der Waals surface area contributed by atoms with E-state index < -0.39 is 0 Å². The topological polar surface area (TPSA) is 180 Å². The van der Waals surface area contributed by atoms with Gasteiger partial charge in [-0.25, -0.2) is 0 Å². The Morgan fingerprint density at radius 2 is 0.758 bits per heavy atom. The minimum atomic E-state index is -0.00374. The molecule has 2 saturated heterocycles. The standard InChI is InChI=1S/C22H43NO.C18H27NO.C16H25NO.C14H25NO.C12H23NO.C9H15NO.C8H13NO2.C8H15NO/c1-4-5-6-7-8-9-10-11-12-13-14-15-16-17-18-19-20-23-22(24)21(2)3;1-4-5-6-7-11-14-19(18(20)16(2)3)15-17-12-9-8-10-13-17;1-4-17(15(18)11(2)3)16-8-12-5-13(9-16)7-14(6-12)10-16;1-4-5-11-15(14(16)12(2)3)13-9-7-6-8-10-13;1-5-6-7-8-9-10-13(4)12(14)11(2)3;1-8(2)9(11)10-6-4-3-5-7-10;1-7(2)8(10)9-3-5-11-6-4-9;1-5-9(6-2)8(10)7(3)4/h2,4-20H2,1,3H3,(H,23,24);8-10,12-13H,2,4-7,11,14-15H2,1,3H3;12-14H,2,4-10H2,1,3H3;13H,2,4-11H2,1,3H3;2,5-10H2,1,3-4H3;1,3-7H2,2H3;1,3-6H2,2H3;3,5-6H2,1-2,4H3. The summed E-state index contributed by atoms with van der Waals surface area (Å²) >= 11 is 0. The van der Waals surface area contributed by atoms with E-state index in [9.17, 15) is 38.4 Å². The summed E-state index contributed by atoms with van der Waals surface area (Å²) in [5.41, 5.74) is 6.48. The third-order valence-corrected chi connectivity index (χ3v) is 24.4. The monoisotopic (exact) mass is 1730 g/mol. The second kappa shape index (κ2) is 71.8. The Kier molecular flexibility index (Phi) is 67.7. The molecule has 5 saturated carbocycles. The number of unbranched alkanes of at least 4 members (excludes halogenated alkanes) is 24. The number of hydrogen-bond donors (Lipinski definition) is 1. The quantitative estimate of drug-likeness (QED) is 0.0491. The first-order valence-corrected chi connectivity index (χ1v) is 49.4. The Labute approximate surface area is 760 Å². The van der Waals surface area contributed by atoms with Gasteiger partial charge < -0.3 is 44.4 Å². The fourth-order valence-electron chi connectivity index (χ4n) is 17.6. The van der Waals surface area contributed by atoms with Gasteiger partial charge in [0.1, 0.15) is 0 Å². The SMILES string of the molecule is C=C(C)C(=O)N(C)CCCCCCC.C=C(C)C(=O)N(CC)C12CC3CC(CC(C3)C1)C2.C=C(C)C(=O)N(CC)CC.C=C(C)C(=O)N(CCCC)C1CCCCC1.C=C(C)C(=O)N(CCCCCCC)Cc1ccccc1.C=C(C)C(=O)N1CCCCC1.C=C(C)C(=O)N1CCOCC1.C=C(C)C(=O)NCCCCCCCCCCCCCCCCCC. The second-order valence-corrected chi connectivity index (χ2v) is 36.6. The van der Waals surface area contributed by atoms with Crippen molar-refractivity contribution in [2.45, 2.75) is 392 Å². The Bertz CT molecular complexity index is 3170. The van der Waals surface area contributed by atoms with E-state index in [1.807, 2.05) is 62.7 Å². The van der Waals surface area contributed by atoms with Crippen molar-refractivity contribution < 1.29 is 43.1 Å². The molecule has 708 valence electrons. The molecular weight excluding hydrogens is 1540 g/mol. The van der Waals surface area contributed by atoms with Crippen molar-refractivity contribution in [1.29, 1.82) is 0 Å². The maximum Gasteiger partial charge on any atom is 0.249 e. The molecule has 2 aliphatic heterocycles. The van der Waals surface area contributed by atoms with Gasteiger partial charge in [-0.2, -0.15) is 0 Å². The van der Waals surface area contributed by atoms with E-state index in [1.165, 1.54) is 230 Å². The maximum atomic E-state index is 12.4. The van der Waals surface area contributed by atoms with Crippen LogP contribution in [-0.4, -0.2) is 185 Å². The number of ether oxygens (including phenoxy) is 1. The van der Waals surface area contributed by atoms with Crippen LogP contribution in [0.25, 0.3) is 0 Å². The molecule has 124 heavy (non-hydrogen) atoms. The molecule has 5 aliphatic carbocycles. The number of morpholine rings is 1. The highest BCUT2D eigenvalue weighted by atomic mass is 16.5. The van der Waals surface area contributed by atoms with Gasteiger partial charge in [0, 0.05) is 142 Å². The minimum Gasteiger partial charge on any atom is -0.378 e. The number of nitrogens with one attached hydrogen (secondary N) is 1. The molecule has 0 aromatic heterocycles. The molecule has 2 heterocycles. The zero-order valence-corrected chi connectivity index (χ0v) is 82.8. The summed E-state index contributed by atoms with van der Waals surface area (Å²) in [5.74, 6) is 3.42. The highest BCUT2D eigenvalue weighted by molar-refractivity contribution is 5.95. The van der Waals surface area contributed by atoms with Crippen LogP contribution in [-0.2, 0) is 49.6 Å². The number of carbonyl (C=O) groups is 8. The second-order valence-electron chi connectivity index (χ2n) is 36.6. The Morgan fingerprint density at radius 3 is 1.13 bits per heavy atom. The summed E-state index contributed by atoms with van der Waals surface area (Å²) < 4.78 is 5.11. The van der Waals surface area contributed by atoms with Crippen molar-refractivity contribution in [3.8, 4) is 0 Å². The number of rotatable bonds is 47. The van der Waals surface area contributed by atoms with E-state index in [0.717, 1.165) is 122 Å². The third kappa shape index (κ3) is 52.2. The van der Waals surface area contributed by atoms with Crippen LogP contribution in [0.15, 0.2) is 128 Å². The lowest BCUT2D eigenvalue weighted by molar-refractivity contribution is -0.146. The lowest BCUT2D eigenvalue weighted by Gasteiger charge is -2.60. The highest BCUT2D eigenvalue weighted by Gasteiger charge is 2.54. The fourth-order valence-corrected chi connectivity index (χ4v) is 17.6. The van der Waals surface area contributed by atoms with Crippen molar-refractivity contribution in [2.75, 3.05) is 92.3 Å². The van der Waals surface area contributed by atoms with Crippen molar-refractivity contribution in [3.05, 3.63) is 133 Å². The van der Waals surface area contributed by atoms with Crippen LogP contribution in [0, 0.1) is 17.8 Å². The van der Waals surface area contributed by atoms with Crippen LogP contribution < -0.4 is 5.32 Å². The number of carbonyl (C=O) groups excluding carboxylic acids is 8. The van der Waals surface area contributed by atoms with Crippen LogP contribution in [0.3, 0.4) is 0 Å². The molecule has 1 N–H and O–H groups in total. The predicted molar refractivity (Wildman–Crippen MR) is 526 cm³/mol. The van der Waals surface area contributed by atoms with Gasteiger partial charge in [-0.1, -0.05) is 284 Å². The van der Waals surface area contributed by atoms with Crippen LogP contribution in [0.1, 0.15) is 379 Å². The van der Waals surface area contributed by atoms with E-state index in [-0.39, 0.29) is 52.8 Å². The Morgan fingerprint density at radius 1 is 0.387 bits per heavy atom. The van der Waals surface area contributed by atoms with Gasteiger partial charge in [0.05, 0.1) is 13.2 Å². The summed E-state index contributed by atoms with van der Waals surface area (Å²) in [5, 5.41) is 2.89. The molecule has 4 bridgehead atoms. The van der Waals surface area contributed by atoms with Crippen molar-refractivity contribution in [3.63, 3.8) is 0 Å². The summed E-state index contributed by atoms with van der Waals surface area (Å²) in [6, 6.07) is 10.6. The Balaban J connectivity index is 0.00000142. The summed E-state index contributed by atoms with van der Waals surface area (Å²) in [6.45, 7) is 69.7. The number of likely N-dealkylation sites (N-methyl/N-ethyl adjacent to an activating group) is 3. The van der Waals surface area contributed by atoms with E-state index in [2.05, 4.69) is 114 Å². The molecule has 0 spiro atoms. The highest BCUT2D eigenvalue weighted by Crippen LogP contribution is 2.58. The molecule has 8 rings (SSSR count). The average Bonchev–Trinajstić information content (AvgIpc) is 0.734. The van der Waals surface area contributed by atoms with Gasteiger partial charge in [-0.15, -0.1) is 0 Å². The first-order valence-electron chi connectivity index (χ1n) is 49.4. The van der Waals surface area contributed by atoms with E-state index >= 15 is 0 Å². The number of piperidine rings is 1. The smallest absolute Gasteiger partial charge is 0.249 e. The third-order valence-electron chi connectivity index (χ3n) is 24.4. The van der Waals surface area contributed by atoms with Crippen LogP contribution in [0.5, 0.6) is 0 Å². The molecule has 7 fully saturated rings. The van der Waals surface area contributed by atoms with Gasteiger partial charge in [0.15, 0.2) is 0 Å². The minimum absolute atomic E-state index is 0.00374. The van der Waals surface area contributed by atoms with Gasteiger partial charge in [0.2, 0.25) is 47.3 Å². The predicted octanol–water partition coefficient (Wildman–Crippen LogP) is 24.8. The molecule has 8 amide bonds. The molecule has 0 atom stereocenters. The number of nitrogens with zero attached hydrogens (tertiary/aromatic N) is 7. The summed E-state index contributed by atoms with van der Waals surface area (Å²) in [7, 11) is 1.84. The van der Waals surface area contributed by atoms with Crippen LogP contribution in [0.4, 0.5) is 0 Å². The number of amides is 8. The van der Waals surface area contributed by atoms with Gasteiger partial charge in [-0.3, -0.25) is 38.4 Å². The van der Waals surface area contributed by atoms with Crippen LogP contribution in [0.2, 0.25) is 0 Å².